The molecule has 0 atom stereocenters. The lowest BCUT2D eigenvalue weighted by Crippen LogP contribution is -2.41. The summed E-state index contributed by atoms with van der Waals surface area (Å²) in [5.41, 5.74) is 0.573. The molecule has 5 nitrogen and oxygen atoms in total. The largest absolute Gasteiger partial charge is 0.355 e. The highest BCUT2D eigenvalue weighted by Gasteiger charge is 2.04. The Bertz CT molecular complexity index is 511. The molecule has 0 aliphatic rings. The lowest BCUT2D eigenvalue weighted by Gasteiger charge is -2.10. The summed E-state index contributed by atoms with van der Waals surface area (Å²) in [6, 6.07) is 6.72. The lowest BCUT2D eigenvalue weighted by molar-refractivity contribution is 0.0954. The van der Waals surface area contributed by atoms with Crippen molar-refractivity contribution in [3.8, 4) is 12.3 Å². The highest BCUT2D eigenvalue weighted by Crippen LogP contribution is 2.08. The molecule has 0 bridgehead atoms. The van der Waals surface area contributed by atoms with Gasteiger partial charge in [0.2, 0.25) is 0 Å². The van der Waals surface area contributed by atoms with Gasteiger partial charge in [-0.1, -0.05) is 17.5 Å². The van der Waals surface area contributed by atoms with Crippen LogP contribution in [0.15, 0.2) is 29.3 Å². The quantitative estimate of drug-likeness (QED) is 0.222. The Morgan fingerprint density at radius 1 is 1.24 bits per heavy atom. The van der Waals surface area contributed by atoms with Gasteiger partial charge in [0.05, 0.1) is 6.54 Å². The molecule has 0 aliphatic heterocycles. The lowest BCUT2D eigenvalue weighted by atomic mass is 10.2. The summed E-state index contributed by atoms with van der Waals surface area (Å²) in [6.45, 7) is 1.42. The maximum atomic E-state index is 11.8. The third kappa shape index (κ3) is 7.78. The molecule has 0 saturated heterocycles. The fourth-order valence-corrected chi connectivity index (χ4v) is 1.54. The highest BCUT2D eigenvalue weighted by molar-refractivity contribution is 14.0. The van der Waals surface area contributed by atoms with Crippen LogP contribution in [0.25, 0.3) is 0 Å². The second kappa shape index (κ2) is 11.2. The average Bonchev–Trinajstić information content (AvgIpc) is 2.47. The SMILES string of the molecule is C#CCNC(=NC)NCCNC(=O)c1ccc(Cl)cc1.I. The summed E-state index contributed by atoms with van der Waals surface area (Å²) >= 11 is 5.76. The van der Waals surface area contributed by atoms with E-state index in [2.05, 4.69) is 26.9 Å². The smallest absolute Gasteiger partial charge is 0.251 e. The van der Waals surface area contributed by atoms with Gasteiger partial charge in [0.1, 0.15) is 0 Å². The van der Waals surface area contributed by atoms with E-state index in [1.165, 1.54) is 0 Å². The van der Waals surface area contributed by atoms with Crippen LogP contribution in [0.2, 0.25) is 5.02 Å². The van der Waals surface area contributed by atoms with Crippen molar-refractivity contribution in [1.82, 2.24) is 16.0 Å². The third-order valence-electron chi connectivity index (χ3n) is 2.39. The van der Waals surface area contributed by atoms with Gasteiger partial charge in [0, 0.05) is 30.7 Å². The van der Waals surface area contributed by atoms with E-state index in [1.54, 1.807) is 31.3 Å². The average molecular weight is 421 g/mol. The van der Waals surface area contributed by atoms with E-state index in [1.807, 2.05) is 0 Å². The van der Waals surface area contributed by atoms with Crippen LogP contribution in [0.1, 0.15) is 10.4 Å². The molecule has 1 amide bonds. The second-order valence-corrected chi connectivity index (χ2v) is 4.26. The van der Waals surface area contributed by atoms with Crippen LogP contribution in [0, 0.1) is 12.3 Å². The molecule has 114 valence electrons. The van der Waals surface area contributed by atoms with Crippen LogP contribution in [0.5, 0.6) is 0 Å². The van der Waals surface area contributed by atoms with E-state index in [9.17, 15) is 4.79 Å². The normalized spacial score (nSPS) is 10.0. The number of guanidine groups is 1. The molecule has 1 aromatic rings. The number of carbonyl (C=O) groups excluding carboxylic acids is 1. The van der Waals surface area contributed by atoms with Gasteiger partial charge in [-0.25, -0.2) is 0 Å². The van der Waals surface area contributed by atoms with Gasteiger partial charge in [0.25, 0.3) is 5.91 Å². The van der Waals surface area contributed by atoms with Gasteiger partial charge in [-0.2, -0.15) is 0 Å². The monoisotopic (exact) mass is 420 g/mol. The predicted octanol–water partition coefficient (Wildman–Crippen LogP) is 1.49. The van der Waals surface area contributed by atoms with E-state index >= 15 is 0 Å². The number of aliphatic imine (C=N–C) groups is 1. The number of hydrogen-bond acceptors (Lipinski definition) is 2. The molecule has 0 aliphatic carbocycles. The van der Waals surface area contributed by atoms with Gasteiger partial charge in [0.15, 0.2) is 5.96 Å². The van der Waals surface area contributed by atoms with Gasteiger partial charge < -0.3 is 16.0 Å². The Morgan fingerprint density at radius 3 is 2.43 bits per heavy atom. The van der Waals surface area contributed by atoms with Gasteiger partial charge >= 0.3 is 0 Å². The van der Waals surface area contributed by atoms with Crippen molar-refractivity contribution in [2.75, 3.05) is 26.7 Å². The third-order valence-corrected chi connectivity index (χ3v) is 2.64. The molecule has 0 radical (unpaired) electrons. The van der Waals surface area contributed by atoms with E-state index in [4.69, 9.17) is 18.0 Å². The van der Waals surface area contributed by atoms with Crippen molar-refractivity contribution in [3.63, 3.8) is 0 Å². The number of amides is 1. The van der Waals surface area contributed by atoms with Crippen LogP contribution in [0.3, 0.4) is 0 Å². The summed E-state index contributed by atoms with van der Waals surface area (Å²) in [4.78, 5) is 15.8. The first-order valence-electron chi connectivity index (χ1n) is 6.09. The number of carbonyl (C=O) groups is 1. The predicted molar refractivity (Wildman–Crippen MR) is 97.4 cm³/mol. The Hall–Kier alpha value is -1.46. The van der Waals surface area contributed by atoms with E-state index in [0.717, 1.165) is 0 Å². The van der Waals surface area contributed by atoms with Crippen molar-refractivity contribution >= 4 is 47.4 Å². The zero-order chi connectivity index (χ0) is 14.8. The van der Waals surface area contributed by atoms with Gasteiger partial charge in [-0.15, -0.1) is 30.4 Å². The zero-order valence-corrected chi connectivity index (χ0v) is 14.7. The summed E-state index contributed by atoms with van der Waals surface area (Å²) in [5, 5.41) is 9.34. The van der Waals surface area contributed by atoms with Gasteiger partial charge in [-0.3, -0.25) is 9.79 Å². The van der Waals surface area contributed by atoms with E-state index in [-0.39, 0.29) is 29.9 Å². The molecule has 0 saturated carbocycles. The Balaban J connectivity index is 0.00000400. The van der Waals surface area contributed by atoms with Crippen molar-refractivity contribution < 1.29 is 4.79 Å². The van der Waals surface area contributed by atoms with Crippen molar-refractivity contribution in [1.29, 1.82) is 0 Å². The summed E-state index contributed by atoms with van der Waals surface area (Å²) in [7, 11) is 1.65. The zero-order valence-electron chi connectivity index (χ0n) is 11.6. The highest BCUT2D eigenvalue weighted by atomic mass is 127. The first kappa shape index (κ1) is 19.5. The maximum absolute atomic E-state index is 11.8. The summed E-state index contributed by atoms with van der Waals surface area (Å²) < 4.78 is 0. The van der Waals surface area contributed by atoms with Crippen molar-refractivity contribution in [2.24, 2.45) is 4.99 Å². The number of benzene rings is 1. The van der Waals surface area contributed by atoms with Crippen LogP contribution in [-0.4, -0.2) is 38.5 Å². The standard InChI is InChI=1S/C14H17ClN4O.HI/c1-3-8-18-14(16-2)19-10-9-17-13(20)11-4-6-12(15)7-5-11;/h1,4-7H,8-10H2,2H3,(H,17,20)(H2,16,18,19);1H. The van der Waals surface area contributed by atoms with Crippen molar-refractivity contribution in [3.05, 3.63) is 34.9 Å². The van der Waals surface area contributed by atoms with Crippen LogP contribution in [0.4, 0.5) is 0 Å². The number of rotatable bonds is 5. The second-order valence-electron chi connectivity index (χ2n) is 3.82. The molecular weight excluding hydrogens is 403 g/mol. The summed E-state index contributed by atoms with van der Waals surface area (Å²) in [6.07, 6.45) is 5.14. The molecular formula is C14H18ClIN4O. The minimum atomic E-state index is -0.143. The van der Waals surface area contributed by atoms with Crippen LogP contribution >= 0.6 is 35.6 Å². The topological polar surface area (TPSA) is 65.5 Å². The maximum Gasteiger partial charge on any atom is 0.251 e. The Morgan fingerprint density at radius 2 is 1.86 bits per heavy atom. The molecule has 21 heavy (non-hydrogen) atoms. The molecule has 7 heteroatoms. The molecule has 0 heterocycles. The molecule has 0 fully saturated rings. The number of nitrogens with zero attached hydrogens (tertiary/aromatic N) is 1. The van der Waals surface area contributed by atoms with Crippen molar-refractivity contribution in [2.45, 2.75) is 0 Å². The van der Waals surface area contributed by atoms with Crippen LogP contribution in [-0.2, 0) is 0 Å². The number of terminal acetylenes is 1. The minimum absolute atomic E-state index is 0. The molecule has 1 aromatic carbocycles. The number of hydrogen-bond donors (Lipinski definition) is 3. The van der Waals surface area contributed by atoms with Crippen LogP contribution < -0.4 is 16.0 Å². The molecule has 0 spiro atoms. The molecule has 1 rings (SSSR count). The Labute approximate surface area is 147 Å². The minimum Gasteiger partial charge on any atom is -0.355 e. The number of halogens is 2. The first-order valence-corrected chi connectivity index (χ1v) is 6.47. The molecule has 3 N–H and O–H groups in total. The first-order chi connectivity index (χ1) is 9.67. The number of nitrogens with one attached hydrogen (secondary N) is 3. The summed E-state index contributed by atoms with van der Waals surface area (Å²) in [5.74, 6) is 2.91. The molecule has 0 aromatic heterocycles. The fourth-order valence-electron chi connectivity index (χ4n) is 1.42. The Kier molecular flexibility index (Phi) is 10.4. The van der Waals surface area contributed by atoms with E-state index in [0.29, 0.717) is 36.2 Å². The molecule has 0 unspecified atom stereocenters. The fraction of sp³-hybridized carbons (Fsp3) is 0.286. The van der Waals surface area contributed by atoms with E-state index < -0.39 is 0 Å². The van der Waals surface area contributed by atoms with Gasteiger partial charge in [-0.05, 0) is 24.3 Å².